The second-order valence-corrected chi connectivity index (χ2v) is 7.48. The summed E-state index contributed by atoms with van der Waals surface area (Å²) in [6.07, 6.45) is 7.74. The maximum absolute atomic E-state index is 12.6. The molecule has 0 aromatic rings. The third-order valence-corrected chi connectivity index (χ3v) is 5.80. The van der Waals surface area contributed by atoms with Crippen molar-refractivity contribution >= 4 is 11.9 Å². The molecule has 4 bridgehead atoms. The molecule has 1 atom stereocenters. The summed E-state index contributed by atoms with van der Waals surface area (Å²) in [6, 6.07) is 0. The largest absolute Gasteiger partial charge is 0.481 e. The Bertz CT molecular complexity index is 383. The Balaban J connectivity index is 1.56. The van der Waals surface area contributed by atoms with Gasteiger partial charge in [0.15, 0.2) is 0 Å². The molecule has 1 unspecified atom stereocenters. The fraction of sp³-hybridized carbons (Fsp3) is 0.875. The number of rotatable bonds is 5. The number of carboxylic acids is 1. The Morgan fingerprint density at radius 2 is 1.65 bits per heavy atom. The van der Waals surface area contributed by atoms with Gasteiger partial charge in [0.1, 0.15) is 0 Å². The van der Waals surface area contributed by atoms with Crippen molar-refractivity contribution in [3.05, 3.63) is 0 Å². The van der Waals surface area contributed by atoms with Crippen molar-refractivity contribution in [2.75, 3.05) is 6.54 Å². The maximum Gasteiger partial charge on any atom is 0.306 e. The van der Waals surface area contributed by atoms with E-state index in [0.29, 0.717) is 13.0 Å². The van der Waals surface area contributed by atoms with Crippen molar-refractivity contribution in [1.82, 2.24) is 5.32 Å². The van der Waals surface area contributed by atoms with Crippen molar-refractivity contribution in [2.24, 2.45) is 29.1 Å². The van der Waals surface area contributed by atoms with E-state index in [1.165, 1.54) is 19.3 Å². The van der Waals surface area contributed by atoms with Gasteiger partial charge < -0.3 is 10.4 Å². The zero-order valence-corrected chi connectivity index (χ0v) is 12.2. The van der Waals surface area contributed by atoms with E-state index < -0.39 is 5.97 Å². The summed E-state index contributed by atoms with van der Waals surface area (Å²) >= 11 is 0. The maximum atomic E-state index is 12.6. The Morgan fingerprint density at radius 1 is 1.15 bits per heavy atom. The lowest BCUT2D eigenvalue weighted by Gasteiger charge is -2.55. The quantitative estimate of drug-likeness (QED) is 0.812. The molecule has 0 heterocycles. The average molecular weight is 279 g/mol. The van der Waals surface area contributed by atoms with Gasteiger partial charge in [-0.15, -0.1) is 0 Å². The Morgan fingerprint density at radius 3 is 2.10 bits per heavy atom. The lowest BCUT2D eigenvalue weighted by Crippen LogP contribution is -2.53. The molecule has 4 fully saturated rings. The predicted octanol–water partition coefficient (Wildman–Crippen LogP) is 2.43. The third-order valence-electron chi connectivity index (χ3n) is 5.80. The van der Waals surface area contributed by atoms with E-state index in [1.54, 1.807) is 6.92 Å². The fourth-order valence-electron chi connectivity index (χ4n) is 5.10. The van der Waals surface area contributed by atoms with Crippen LogP contribution in [0.1, 0.15) is 51.9 Å². The number of carbonyl (C=O) groups is 2. The van der Waals surface area contributed by atoms with E-state index in [-0.39, 0.29) is 17.2 Å². The Hall–Kier alpha value is -1.06. The first kappa shape index (κ1) is 13.9. The zero-order chi connectivity index (χ0) is 14.3. The molecular weight excluding hydrogens is 254 g/mol. The molecule has 0 aliphatic heterocycles. The van der Waals surface area contributed by atoms with Gasteiger partial charge in [-0.1, -0.05) is 6.92 Å². The summed E-state index contributed by atoms with van der Waals surface area (Å²) in [4.78, 5) is 23.4. The molecule has 4 heteroatoms. The molecular formula is C16H25NO3. The summed E-state index contributed by atoms with van der Waals surface area (Å²) in [5.41, 5.74) is -0.110. The molecule has 1 amide bonds. The lowest BCUT2D eigenvalue weighted by atomic mass is 9.49. The monoisotopic (exact) mass is 279 g/mol. The minimum Gasteiger partial charge on any atom is -0.481 e. The highest BCUT2D eigenvalue weighted by molar-refractivity contribution is 5.83. The average Bonchev–Trinajstić information content (AvgIpc) is 2.36. The van der Waals surface area contributed by atoms with Crippen molar-refractivity contribution in [3.63, 3.8) is 0 Å². The first-order chi connectivity index (χ1) is 9.48. The van der Waals surface area contributed by atoms with Crippen LogP contribution in [0, 0.1) is 29.1 Å². The fourth-order valence-corrected chi connectivity index (χ4v) is 5.10. The zero-order valence-electron chi connectivity index (χ0n) is 12.2. The smallest absolute Gasteiger partial charge is 0.306 e. The van der Waals surface area contributed by atoms with Gasteiger partial charge in [-0.25, -0.2) is 0 Å². The predicted molar refractivity (Wildman–Crippen MR) is 75.0 cm³/mol. The molecule has 0 aromatic heterocycles. The molecule has 4 nitrogen and oxygen atoms in total. The normalized spacial score (nSPS) is 39.5. The summed E-state index contributed by atoms with van der Waals surface area (Å²) in [5, 5.41) is 11.9. The molecule has 112 valence electrons. The standard InChI is InChI=1S/C16H25NO3/c1-10(14(18)19)2-3-17-15(20)16-7-11-4-12(8-16)6-13(5-11)9-16/h10-13H,2-9H2,1H3,(H,17,20)(H,18,19). The topological polar surface area (TPSA) is 66.4 Å². The van der Waals surface area contributed by atoms with Crippen LogP contribution in [0.5, 0.6) is 0 Å². The van der Waals surface area contributed by atoms with Crippen LogP contribution >= 0.6 is 0 Å². The SMILES string of the molecule is CC(CCNC(=O)C12CC3CC(CC(C3)C1)C2)C(=O)O. The van der Waals surface area contributed by atoms with Crippen LogP contribution in [-0.2, 0) is 9.59 Å². The van der Waals surface area contributed by atoms with Gasteiger partial charge in [-0.3, -0.25) is 9.59 Å². The number of nitrogens with one attached hydrogen (secondary N) is 1. The van der Waals surface area contributed by atoms with Crippen molar-refractivity contribution in [1.29, 1.82) is 0 Å². The minimum absolute atomic E-state index is 0.110. The van der Waals surface area contributed by atoms with Crippen LogP contribution in [0.2, 0.25) is 0 Å². The summed E-state index contributed by atoms with van der Waals surface area (Å²) in [6.45, 7) is 2.19. The van der Waals surface area contributed by atoms with Crippen molar-refractivity contribution < 1.29 is 14.7 Å². The van der Waals surface area contributed by atoms with Gasteiger partial charge in [0, 0.05) is 12.0 Å². The first-order valence-corrected chi connectivity index (χ1v) is 7.99. The molecule has 4 saturated carbocycles. The van der Waals surface area contributed by atoms with E-state index in [9.17, 15) is 9.59 Å². The van der Waals surface area contributed by atoms with E-state index >= 15 is 0 Å². The summed E-state index contributed by atoms with van der Waals surface area (Å²) in [5.74, 6) is 1.34. The second kappa shape index (κ2) is 5.05. The van der Waals surface area contributed by atoms with E-state index in [2.05, 4.69) is 5.32 Å². The van der Waals surface area contributed by atoms with Crippen LogP contribution in [0.15, 0.2) is 0 Å². The summed E-state index contributed by atoms with van der Waals surface area (Å²) < 4.78 is 0. The van der Waals surface area contributed by atoms with E-state index in [4.69, 9.17) is 5.11 Å². The Kier molecular flexibility index (Phi) is 3.51. The van der Waals surface area contributed by atoms with Gasteiger partial charge >= 0.3 is 5.97 Å². The van der Waals surface area contributed by atoms with Crippen LogP contribution in [0.25, 0.3) is 0 Å². The second-order valence-electron chi connectivity index (χ2n) is 7.48. The highest BCUT2D eigenvalue weighted by atomic mass is 16.4. The van der Waals surface area contributed by atoms with Gasteiger partial charge in [-0.2, -0.15) is 0 Å². The molecule has 4 aliphatic carbocycles. The van der Waals surface area contributed by atoms with Crippen molar-refractivity contribution in [3.8, 4) is 0 Å². The highest BCUT2D eigenvalue weighted by Gasteiger charge is 2.54. The van der Waals surface area contributed by atoms with E-state index in [1.807, 2.05) is 0 Å². The van der Waals surface area contributed by atoms with Gasteiger partial charge in [0.25, 0.3) is 0 Å². The summed E-state index contributed by atoms with van der Waals surface area (Å²) in [7, 11) is 0. The van der Waals surface area contributed by atoms with Crippen molar-refractivity contribution in [2.45, 2.75) is 51.9 Å². The molecule has 0 radical (unpaired) electrons. The van der Waals surface area contributed by atoms with Gasteiger partial charge in [0.05, 0.1) is 5.92 Å². The third kappa shape index (κ3) is 2.45. The molecule has 4 rings (SSSR count). The minimum atomic E-state index is -0.783. The van der Waals surface area contributed by atoms with E-state index in [0.717, 1.165) is 37.0 Å². The number of carbonyl (C=O) groups excluding carboxylic acids is 1. The lowest BCUT2D eigenvalue weighted by molar-refractivity contribution is -0.147. The highest BCUT2D eigenvalue weighted by Crippen LogP contribution is 2.60. The van der Waals surface area contributed by atoms with Gasteiger partial charge in [0.2, 0.25) is 5.91 Å². The Labute approximate surface area is 120 Å². The molecule has 2 N–H and O–H groups in total. The molecule has 20 heavy (non-hydrogen) atoms. The number of carboxylic acid groups (broad SMARTS) is 1. The number of hydrogen-bond acceptors (Lipinski definition) is 2. The van der Waals surface area contributed by atoms with Crippen LogP contribution in [0.4, 0.5) is 0 Å². The number of amides is 1. The number of aliphatic carboxylic acids is 1. The van der Waals surface area contributed by atoms with Crippen LogP contribution in [-0.4, -0.2) is 23.5 Å². The number of hydrogen-bond donors (Lipinski definition) is 2. The first-order valence-electron chi connectivity index (χ1n) is 7.99. The molecule has 0 saturated heterocycles. The van der Waals surface area contributed by atoms with Crippen LogP contribution < -0.4 is 5.32 Å². The molecule has 0 spiro atoms. The van der Waals surface area contributed by atoms with Crippen LogP contribution in [0.3, 0.4) is 0 Å². The molecule has 0 aromatic carbocycles. The van der Waals surface area contributed by atoms with Gasteiger partial charge in [-0.05, 0) is 62.7 Å². The molecule has 4 aliphatic rings.